The molecule has 1 unspecified atom stereocenters. The maximum atomic E-state index is 12.6. The number of ether oxygens (including phenoxy) is 1. The third-order valence-electron chi connectivity index (χ3n) is 3.39. The number of sulfone groups is 1. The van der Waals surface area contributed by atoms with Crippen LogP contribution in [0.5, 0.6) is 0 Å². The van der Waals surface area contributed by atoms with Crippen molar-refractivity contribution in [3.8, 4) is 0 Å². The van der Waals surface area contributed by atoms with Crippen molar-refractivity contribution in [2.75, 3.05) is 26.0 Å². The number of nitrogens with zero attached hydrogens (tertiary/aromatic N) is 1. The molecule has 1 heterocycles. The van der Waals surface area contributed by atoms with Crippen molar-refractivity contribution in [1.82, 2.24) is 4.31 Å². The maximum Gasteiger partial charge on any atom is 0.306 e. The van der Waals surface area contributed by atoms with Gasteiger partial charge in [-0.25, -0.2) is 16.8 Å². The van der Waals surface area contributed by atoms with Crippen LogP contribution in [0.3, 0.4) is 0 Å². The van der Waals surface area contributed by atoms with Crippen molar-refractivity contribution in [2.24, 2.45) is 0 Å². The summed E-state index contributed by atoms with van der Waals surface area (Å²) in [6, 6.07) is 4.93. The molecule has 0 aliphatic carbocycles. The molecule has 10 heteroatoms. The summed E-state index contributed by atoms with van der Waals surface area (Å²) in [5.41, 5.74) is 0. The fourth-order valence-corrected chi connectivity index (χ4v) is 4.32. The number of morpholine rings is 1. The van der Waals surface area contributed by atoms with Crippen molar-refractivity contribution in [2.45, 2.75) is 22.3 Å². The quantitative estimate of drug-likeness (QED) is 0.779. The second-order valence-corrected chi connectivity index (χ2v) is 9.15. The van der Waals surface area contributed by atoms with Crippen LogP contribution in [0.15, 0.2) is 34.1 Å². The number of aliphatic carboxylic acids is 1. The largest absolute Gasteiger partial charge is 0.481 e. The lowest BCUT2D eigenvalue weighted by Gasteiger charge is -2.31. The molecule has 0 saturated carbocycles. The molecule has 2 rings (SSSR count). The van der Waals surface area contributed by atoms with Crippen LogP contribution in [-0.4, -0.2) is 64.3 Å². The number of hydrogen-bond acceptors (Lipinski definition) is 6. The number of rotatable bonds is 5. The number of carboxylic acids is 1. The molecule has 0 radical (unpaired) electrons. The number of sulfonamides is 1. The van der Waals surface area contributed by atoms with E-state index in [9.17, 15) is 21.6 Å². The first-order chi connectivity index (χ1) is 10.6. The smallest absolute Gasteiger partial charge is 0.306 e. The van der Waals surface area contributed by atoms with Gasteiger partial charge in [-0.05, 0) is 24.3 Å². The van der Waals surface area contributed by atoms with Gasteiger partial charge in [-0.1, -0.05) is 0 Å². The molecular weight excluding hydrogens is 346 g/mol. The number of benzene rings is 1. The Kier molecular flexibility index (Phi) is 5.09. The molecule has 0 spiro atoms. The molecule has 1 saturated heterocycles. The average Bonchev–Trinajstić information content (AvgIpc) is 2.46. The Bertz CT molecular complexity index is 784. The van der Waals surface area contributed by atoms with Gasteiger partial charge < -0.3 is 9.84 Å². The lowest BCUT2D eigenvalue weighted by molar-refractivity contribution is -0.141. The minimum atomic E-state index is -3.83. The average molecular weight is 363 g/mol. The molecular formula is C13H17NO7S2. The zero-order chi connectivity index (χ0) is 17.3. The van der Waals surface area contributed by atoms with Crippen LogP contribution in [-0.2, 0) is 29.4 Å². The fraction of sp³-hybridized carbons (Fsp3) is 0.462. The van der Waals surface area contributed by atoms with E-state index < -0.39 is 31.9 Å². The van der Waals surface area contributed by atoms with Gasteiger partial charge in [0.25, 0.3) is 0 Å². The lowest BCUT2D eigenvalue weighted by Crippen LogP contribution is -2.46. The van der Waals surface area contributed by atoms with E-state index in [2.05, 4.69) is 0 Å². The zero-order valence-corrected chi connectivity index (χ0v) is 14.0. The number of carboxylic acid groups (broad SMARTS) is 1. The highest BCUT2D eigenvalue weighted by Gasteiger charge is 2.31. The van der Waals surface area contributed by atoms with Gasteiger partial charge in [0.1, 0.15) is 0 Å². The van der Waals surface area contributed by atoms with Gasteiger partial charge in [0.15, 0.2) is 9.84 Å². The second kappa shape index (κ2) is 6.56. The van der Waals surface area contributed by atoms with Gasteiger partial charge in [-0.15, -0.1) is 0 Å². The monoisotopic (exact) mass is 363 g/mol. The predicted molar refractivity (Wildman–Crippen MR) is 80.3 cm³/mol. The van der Waals surface area contributed by atoms with Crippen LogP contribution in [0.1, 0.15) is 6.42 Å². The highest BCUT2D eigenvalue weighted by Crippen LogP contribution is 2.21. The summed E-state index contributed by atoms with van der Waals surface area (Å²) < 4.78 is 54.3. The summed E-state index contributed by atoms with van der Waals surface area (Å²) in [6.07, 6.45) is 0.0555. The molecule has 1 aliphatic heterocycles. The topological polar surface area (TPSA) is 118 Å². The minimum absolute atomic E-state index is 0.0298. The Hall–Kier alpha value is -1.49. The van der Waals surface area contributed by atoms with Crippen LogP contribution >= 0.6 is 0 Å². The third kappa shape index (κ3) is 4.28. The predicted octanol–water partition coefficient (Wildman–Crippen LogP) is -0.0457. The van der Waals surface area contributed by atoms with Crippen LogP contribution in [0.25, 0.3) is 0 Å². The van der Waals surface area contributed by atoms with Crippen molar-refractivity contribution >= 4 is 25.8 Å². The Morgan fingerprint density at radius 3 is 2.30 bits per heavy atom. The van der Waals surface area contributed by atoms with Gasteiger partial charge in [0.2, 0.25) is 10.0 Å². The molecule has 1 aliphatic rings. The van der Waals surface area contributed by atoms with E-state index in [0.29, 0.717) is 0 Å². The van der Waals surface area contributed by atoms with Crippen LogP contribution in [0, 0.1) is 0 Å². The van der Waals surface area contributed by atoms with Crippen LogP contribution in [0.2, 0.25) is 0 Å². The molecule has 0 amide bonds. The Morgan fingerprint density at radius 2 is 1.78 bits per heavy atom. The zero-order valence-electron chi connectivity index (χ0n) is 12.4. The highest BCUT2D eigenvalue weighted by atomic mass is 32.2. The molecule has 0 aromatic heterocycles. The van der Waals surface area contributed by atoms with Crippen molar-refractivity contribution in [3.05, 3.63) is 24.3 Å². The summed E-state index contributed by atoms with van der Waals surface area (Å²) in [5.74, 6) is -1.06. The molecule has 8 nitrogen and oxygen atoms in total. The fourth-order valence-electron chi connectivity index (χ4n) is 2.24. The maximum absolute atomic E-state index is 12.6. The first-order valence-electron chi connectivity index (χ1n) is 6.74. The molecule has 1 fully saturated rings. The van der Waals surface area contributed by atoms with E-state index in [-0.39, 0.29) is 35.9 Å². The van der Waals surface area contributed by atoms with Gasteiger partial charge in [0, 0.05) is 19.3 Å². The van der Waals surface area contributed by atoms with Crippen LogP contribution in [0.4, 0.5) is 0 Å². The summed E-state index contributed by atoms with van der Waals surface area (Å²) in [4.78, 5) is 10.7. The Morgan fingerprint density at radius 1 is 1.22 bits per heavy atom. The molecule has 128 valence electrons. The minimum Gasteiger partial charge on any atom is -0.481 e. The molecule has 1 aromatic carbocycles. The first kappa shape index (κ1) is 17.9. The highest BCUT2D eigenvalue weighted by molar-refractivity contribution is 7.90. The van der Waals surface area contributed by atoms with Crippen molar-refractivity contribution in [1.29, 1.82) is 0 Å². The summed E-state index contributed by atoms with van der Waals surface area (Å²) in [6.45, 7) is 0.174. The van der Waals surface area contributed by atoms with E-state index in [1.54, 1.807) is 0 Å². The van der Waals surface area contributed by atoms with E-state index in [1.165, 1.54) is 24.3 Å². The normalized spacial score (nSPS) is 20.3. The number of carbonyl (C=O) groups is 1. The van der Waals surface area contributed by atoms with Crippen molar-refractivity contribution < 1.29 is 31.5 Å². The Balaban J connectivity index is 2.22. The van der Waals surface area contributed by atoms with E-state index in [1.807, 2.05) is 0 Å². The van der Waals surface area contributed by atoms with E-state index >= 15 is 0 Å². The molecule has 1 atom stereocenters. The van der Waals surface area contributed by atoms with E-state index in [0.717, 1.165) is 10.6 Å². The SMILES string of the molecule is CS(=O)(=O)c1ccc(S(=O)(=O)N2CCOC(CC(=O)O)C2)cc1. The summed E-state index contributed by atoms with van der Waals surface area (Å²) >= 11 is 0. The van der Waals surface area contributed by atoms with Gasteiger partial charge in [-0.2, -0.15) is 4.31 Å². The standard InChI is InChI=1S/C13H17NO7S2/c1-22(17,18)11-2-4-12(5-3-11)23(19,20)14-6-7-21-10(9-14)8-13(15)16/h2-5,10H,6-9H2,1H3,(H,15,16). The number of hydrogen-bond donors (Lipinski definition) is 1. The summed E-state index contributed by atoms with van der Waals surface area (Å²) in [5, 5.41) is 8.77. The molecule has 1 aromatic rings. The van der Waals surface area contributed by atoms with Crippen LogP contribution < -0.4 is 0 Å². The Labute approximate surface area is 134 Å². The van der Waals surface area contributed by atoms with Gasteiger partial charge in [0.05, 0.1) is 28.9 Å². The summed E-state index contributed by atoms with van der Waals surface area (Å²) in [7, 11) is -7.23. The van der Waals surface area contributed by atoms with Crippen molar-refractivity contribution in [3.63, 3.8) is 0 Å². The lowest BCUT2D eigenvalue weighted by atomic mass is 10.2. The second-order valence-electron chi connectivity index (χ2n) is 5.20. The molecule has 0 bridgehead atoms. The molecule has 23 heavy (non-hydrogen) atoms. The first-order valence-corrected chi connectivity index (χ1v) is 10.1. The third-order valence-corrected chi connectivity index (χ3v) is 6.40. The van der Waals surface area contributed by atoms with E-state index in [4.69, 9.17) is 9.84 Å². The van der Waals surface area contributed by atoms with Gasteiger partial charge in [-0.3, -0.25) is 4.79 Å². The molecule has 1 N–H and O–H groups in total. The van der Waals surface area contributed by atoms with Gasteiger partial charge >= 0.3 is 5.97 Å².